The molecule has 24 heavy (non-hydrogen) atoms. The van der Waals surface area contributed by atoms with E-state index in [4.69, 9.17) is 4.74 Å². The summed E-state index contributed by atoms with van der Waals surface area (Å²) < 4.78 is 5.13. The smallest absolute Gasteiger partial charge is 0.326 e. The highest BCUT2D eigenvalue weighted by Gasteiger charge is 2.20. The van der Waals surface area contributed by atoms with Crippen molar-refractivity contribution < 1.29 is 19.4 Å². The molecular formula is C19H21NO4. The molecule has 5 heteroatoms. The van der Waals surface area contributed by atoms with Crippen LogP contribution in [0, 0.1) is 0 Å². The summed E-state index contributed by atoms with van der Waals surface area (Å²) in [7, 11) is 1.55. The third kappa shape index (κ3) is 5.43. The topological polar surface area (TPSA) is 75.6 Å². The van der Waals surface area contributed by atoms with Gasteiger partial charge in [0.15, 0.2) is 0 Å². The Labute approximate surface area is 141 Å². The van der Waals surface area contributed by atoms with Gasteiger partial charge in [-0.05, 0) is 29.7 Å². The second kappa shape index (κ2) is 8.72. The summed E-state index contributed by atoms with van der Waals surface area (Å²) in [6.45, 7) is 0. The normalized spacial score (nSPS) is 11.5. The maximum Gasteiger partial charge on any atom is 0.326 e. The van der Waals surface area contributed by atoms with E-state index in [-0.39, 0.29) is 18.7 Å². The van der Waals surface area contributed by atoms with Gasteiger partial charge in [-0.25, -0.2) is 4.79 Å². The van der Waals surface area contributed by atoms with Gasteiger partial charge in [0.25, 0.3) is 0 Å². The summed E-state index contributed by atoms with van der Waals surface area (Å²) in [5.41, 5.74) is 1.84. The number of benzene rings is 2. The van der Waals surface area contributed by atoms with Crippen molar-refractivity contribution >= 4 is 11.9 Å². The Morgan fingerprint density at radius 2 is 1.79 bits per heavy atom. The molecule has 2 aromatic rings. The van der Waals surface area contributed by atoms with Crippen LogP contribution in [-0.2, 0) is 22.4 Å². The summed E-state index contributed by atoms with van der Waals surface area (Å²) in [4.78, 5) is 23.5. The molecular weight excluding hydrogens is 306 g/mol. The molecule has 0 radical (unpaired) electrons. The van der Waals surface area contributed by atoms with E-state index in [1.165, 1.54) is 0 Å². The third-order valence-electron chi connectivity index (χ3n) is 3.69. The Bertz CT molecular complexity index is 685. The molecule has 0 spiro atoms. The van der Waals surface area contributed by atoms with Crippen molar-refractivity contribution in [2.24, 2.45) is 0 Å². The van der Waals surface area contributed by atoms with Crippen molar-refractivity contribution in [3.63, 3.8) is 0 Å². The van der Waals surface area contributed by atoms with Crippen LogP contribution in [-0.4, -0.2) is 30.1 Å². The number of aliphatic carboxylic acids is 1. The van der Waals surface area contributed by atoms with Gasteiger partial charge in [0, 0.05) is 12.8 Å². The van der Waals surface area contributed by atoms with E-state index in [2.05, 4.69) is 5.32 Å². The number of carbonyl (C=O) groups is 2. The minimum atomic E-state index is -1.05. The molecule has 0 aliphatic rings. The SMILES string of the molecule is COc1cccc(C[C@H](NC(=O)CCc2ccccc2)C(=O)O)c1. The summed E-state index contributed by atoms with van der Waals surface area (Å²) >= 11 is 0. The molecule has 1 atom stereocenters. The van der Waals surface area contributed by atoms with E-state index < -0.39 is 12.0 Å². The molecule has 126 valence electrons. The van der Waals surface area contributed by atoms with Crippen molar-refractivity contribution in [1.82, 2.24) is 5.32 Å². The lowest BCUT2D eigenvalue weighted by Gasteiger charge is -2.15. The van der Waals surface area contributed by atoms with E-state index in [0.717, 1.165) is 11.1 Å². The summed E-state index contributed by atoms with van der Waals surface area (Å²) in [6, 6.07) is 15.8. The van der Waals surface area contributed by atoms with Crippen LogP contribution < -0.4 is 10.1 Å². The van der Waals surface area contributed by atoms with Crippen molar-refractivity contribution in [2.45, 2.75) is 25.3 Å². The average molecular weight is 327 g/mol. The Kier molecular flexibility index (Phi) is 6.37. The van der Waals surface area contributed by atoms with Crippen LogP contribution in [0.25, 0.3) is 0 Å². The number of ether oxygens (including phenoxy) is 1. The summed E-state index contributed by atoms with van der Waals surface area (Å²) in [5.74, 6) is -0.660. The predicted octanol–water partition coefficient (Wildman–Crippen LogP) is 2.44. The number of hydrogen-bond acceptors (Lipinski definition) is 3. The first kappa shape index (κ1) is 17.5. The number of carboxylic acid groups (broad SMARTS) is 1. The van der Waals surface area contributed by atoms with Gasteiger partial charge in [-0.2, -0.15) is 0 Å². The van der Waals surface area contributed by atoms with Crippen LogP contribution >= 0.6 is 0 Å². The zero-order valence-electron chi connectivity index (χ0n) is 13.6. The molecule has 0 unspecified atom stereocenters. The average Bonchev–Trinajstić information content (AvgIpc) is 2.60. The highest BCUT2D eigenvalue weighted by atomic mass is 16.5. The number of carboxylic acids is 1. The molecule has 0 fully saturated rings. The van der Waals surface area contributed by atoms with E-state index in [0.29, 0.717) is 12.2 Å². The second-order valence-electron chi connectivity index (χ2n) is 5.50. The van der Waals surface area contributed by atoms with Gasteiger partial charge in [0.2, 0.25) is 5.91 Å². The monoisotopic (exact) mass is 327 g/mol. The lowest BCUT2D eigenvalue weighted by Crippen LogP contribution is -2.42. The van der Waals surface area contributed by atoms with E-state index >= 15 is 0 Å². The number of aryl methyl sites for hydroxylation is 1. The summed E-state index contributed by atoms with van der Waals surface area (Å²) in [6.07, 6.45) is 1.05. The molecule has 2 aromatic carbocycles. The van der Waals surface area contributed by atoms with Crippen LogP contribution in [0.5, 0.6) is 5.75 Å². The molecule has 5 nitrogen and oxygen atoms in total. The largest absolute Gasteiger partial charge is 0.497 e. The maximum absolute atomic E-state index is 12.0. The number of rotatable bonds is 8. The standard InChI is InChI=1S/C19H21NO4/c1-24-16-9-5-8-15(12-16)13-17(19(22)23)20-18(21)11-10-14-6-3-2-4-7-14/h2-9,12,17H,10-11,13H2,1H3,(H,20,21)(H,22,23)/t17-/m0/s1. The van der Waals surface area contributed by atoms with E-state index in [1.807, 2.05) is 36.4 Å². The first-order valence-electron chi connectivity index (χ1n) is 7.77. The minimum absolute atomic E-state index is 0.212. The zero-order valence-corrected chi connectivity index (χ0v) is 13.6. The van der Waals surface area contributed by atoms with Gasteiger partial charge in [-0.1, -0.05) is 42.5 Å². The van der Waals surface area contributed by atoms with Gasteiger partial charge in [-0.3, -0.25) is 4.79 Å². The van der Waals surface area contributed by atoms with Gasteiger partial charge >= 0.3 is 5.97 Å². The van der Waals surface area contributed by atoms with Gasteiger partial charge in [-0.15, -0.1) is 0 Å². The molecule has 0 saturated heterocycles. The third-order valence-corrected chi connectivity index (χ3v) is 3.69. The van der Waals surface area contributed by atoms with Crippen molar-refractivity contribution in [3.8, 4) is 5.75 Å². The van der Waals surface area contributed by atoms with Crippen LogP contribution in [0.4, 0.5) is 0 Å². The molecule has 0 bridgehead atoms. The van der Waals surface area contributed by atoms with Crippen molar-refractivity contribution in [2.75, 3.05) is 7.11 Å². The van der Waals surface area contributed by atoms with E-state index in [1.54, 1.807) is 25.3 Å². The number of hydrogen-bond donors (Lipinski definition) is 2. The predicted molar refractivity (Wildman–Crippen MR) is 91.0 cm³/mol. The fraction of sp³-hybridized carbons (Fsp3) is 0.263. The number of nitrogens with one attached hydrogen (secondary N) is 1. The first-order valence-corrected chi connectivity index (χ1v) is 7.77. The molecule has 0 heterocycles. The Morgan fingerprint density at radius 1 is 1.08 bits per heavy atom. The molecule has 0 aromatic heterocycles. The van der Waals surface area contributed by atoms with Crippen molar-refractivity contribution in [3.05, 3.63) is 65.7 Å². The van der Waals surface area contributed by atoms with Gasteiger partial charge in [0.05, 0.1) is 7.11 Å². The van der Waals surface area contributed by atoms with Crippen LogP contribution in [0.15, 0.2) is 54.6 Å². The van der Waals surface area contributed by atoms with Gasteiger partial charge < -0.3 is 15.2 Å². The maximum atomic E-state index is 12.0. The molecule has 1 amide bonds. The fourth-order valence-corrected chi connectivity index (χ4v) is 2.40. The first-order chi connectivity index (χ1) is 11.6. The number of carbonyl (C=O) groups excluding carboxylic acids is 1. The Morgan fingerprint density at radius 3 is 2.46 bits per heavy atom. The highest BCUT2D eigenvalue weighted by molar-refractivity contribution is 5.83. The van der Waals surface area contributed by atoms with E-state index in [9.17, 15) is 14.7 Å². The second-order valence-corrected chi connectivity index (χ2v) is 5.50. The number of amides is 1. The molecule has 0 saturated carbocycles. The molecule has 2 rings (SSSR count). The fourth-order valence-electron chi connectivity index (χ4n) is 2.40. The molecule has 2 N–H and O–H groups in total. The lowest BCUT2D eigenvalue weighted by molar-refractivity contribution is -0.141. The number of methoxy groups -OCH3 is 1. The quantitative estimate of drug-likeness (QED) is 0.781. The Hall–Kier alpha value is -2.82. The van der Waals surface area contributed by atoms with Gasteiger partial charge in [0.1, 0.15) is 11.8 Å². The lowest BCUT2D eigenvalue weighted by atomic mass is 10.0. The minimum Gasteiger partial charge on any atom is -0.497 e. The van der Waals surface area contributed by atoms with Crippen LogP contribution in [0.1, 0.15) is 17.5 Å². The zero-order chi connectivity index (χ0) is 17.4. The van der Waals surface area contributed by atoms with Crippen LogP contribution in [0.2, 0.25) is 0 Å². The van der Waals surface area contributed by atoms with Crippen molar-refractivity contribution in [1.29, 1.82) is 0 Å². The molecule has 0 aliphatic heterocycles. The molecule has 0 aliphatic carbocycles. The Balaban J connectivity index is 1.92. The van der Waals surface area contributed by atoms with Crippen LogP contribution in [0.3, 0.4) is 0 Å². The summed E-state index contributed by atoms with van der Waals surface area (Å²) in [5, 5.41) is 11.9. The highest BCUT2D eigenvalue weighted by Crippen LogP contribution is 2.14.